The first-order valence-corrected chi connectivity index (χ1v) is 4.49. The number of hydrogen-bond acceptors (Lipinski definition) is 2. The second-order valence-electron chi connectivity index (χ2n) is 2.61. The minimum Gasteiger partial charge on any atom is -0.325 e. The van der Waals surface area contributed by atoms with Crippen LogP contribution in [0.3, 0.4) is 0 Å². The maximum absolute atomic E-state index is 12.4. The van der Waals surface area contributed by atoms with Crippen LogP contribution in [0.5, 0.6) is 0 Å². The van der Waals surface area contributed by atoms with Crippen LogP contribution in [-0.4, -0.2) is 4.98 Å². The monoisotopic (exact) mass is 250 g/mol. The molecule has 0 bridgehead atoms. The van der Waals surface area contributed by atoms with Crippen molar-refractivity contribution in [3.05, 3.63) is 27.5 Å². The summed E-state index contributed by atoms with van der Waals surface area (Å²) >= 11 is 3.18. The second kappa shape index (κ2) is 4.11. The lowest BCUT2D eigenvalue weighted by Gasteiger charge is -2.07. The molecule has 72 valence electrons. The SMILES string of the molecule is Cc1c(Br)cc(CN)nc1C(F)F. The van der Waals surface area contributed by atoms with Gasteiger partial charge in [-0.25, -0.2) is 8.78 Å². The fourth-order valence-electron chi connectivity index (χ4n) is 0.965. The van der Waals surface area contributed by atoms with Gasteiger partial charge in [0, 0.05) is 11.0 Å². The summed E-state index contributed by atoms with van der Waals surface area (Å²) in [5.41, 5.74) is 6.04. The van der Waals surface area contributed by atoms with E-state index in [1.54, 1.807) is 13.0 Å². The lowest BCUT2D eigenvalue weighted by Crippen LogP contribution is -2.04. The Morgan fingerprint density at radius 1 is 1.62 bits per heavy atom. The molecule has 0 radical (unpaired) electrons. The predicted molar refractivity (Wildman–Crippen MR) is 49.5 cm³/mol. The van der Waals surface area contributed by atoms with E-state index in [2.05, 4.69) is 20.9 Å². The molecule has 0 aliphatic carbocycles. The molecule has 1 aromatic heterocycles. The van der Waals surface area contributed by atoms with Crippen molar-refractivity contribution in [2.75, 3.05) is 0 Å². The number of nitrogens with zero attached hydrogens (tertiary/aromatic N) is 1. The van der Waals surface area contributed by atoms with Crippen molar-refractivity contribution in [2.45, 2.75) is 19.9 Å². The van der Waals surface area contributed by atoms with E-state index in [-0.39, 0.29) is 12.2 Å². The number of aromatic nitrogens is 1. The molecule has 2 nitrogen and oxygen atoms in total. The highest BCUT2D eigenvalue weighted by molar-refractivity contribution is 9.10. The molecule has 2 N–H and O–H groups in total. The van der Waals surface area contributed by atoms with Crippen molar-refractivity contribution in [2.24, 2.45) is 5.73 Å². The van der Waals surface area contributed by atoms with Crippen LogP contribution in [0.2, 0.25) is 0 Å². The lowest BCUT2D eigenvalue weighted by molar-refractivity contribution is 0.145. The van der Waals surface area contributed by atoms with Crippen LogP contribution in [-0.2, 0) is 6.54 Å². The largest absolute Gasteiger partial charge is 0.325 e. The zero-order valence-electron chi connectivity index (χ0n) is 7.02. The Hall–Kier alpha value is -0.550. The Morgan fingerprint density at radius 2 is 2.23 bits per heavy atom. The van der Waals surface area contributed by atoms with Crippen LogP contribution in [0.25, 0.3) is 0 Å². The van der Waals surface area contributed by atoms with E-state index in [1.807, 2.05) is 0 Å². The summed E-state index contributed by atoms with van der Waals surface area (Å²) in [5, 5.41) is 0. The Morgan fingerprint density at radius 3 is 2.69 bits per heavy atom. The van der Waals surface area contributed by atoms with Crippen LogP contribution in [0.4, 0.5) is 8.78 Å². The smallest absolute Gasteiger partial charge is 0.280 e. The third-order valence-corrected chi connectivity index (χ3v) is 2.54. The summed E-state index contributed by atoms with van der Waals surface area (Å²) in [6.07, 6.45) is -2.55. The number of alkyl halides is 2. The quantitative estimate of drug-likeness (QED) is 0.877. The number of nitrogens with two attached hydrogens (primary N) is 1. The first kappa shape index (κ1) is 10.5. The molecule has 0 saturated heterocycles. The fraction of sp³-hybridized carbons (Fsp3) is 0.375. The lowest BCUT2D eigenvalue weighted by atomic mass is 10.2. The van der Waals surface area contributed by atoms with Gasteiger partial charge < -0.3 is 5.73 Å². The first-order valence-electron chi connectivity index (χ1n) is 3.70. The average Bonchev–Trinajstić information content (AvgIpc) is 2.09. The maximum atomic E-state index is 12.4. The van der Waals surface area contributed by atoms with Crippen LogP contribution in [0.15, 0.2) is 10.5 Å². The van der Waals surface area contributed by atoms with Crippen molar-refractivity contribution in [3.63, 3.8) is 0 Å². The molecule has 0 amide bonds. The summed E-state index contributed by atoms with van der Waals surface area (Å²) in [5.74, 6) is 0. The summed E-state index contributed by atoms with van der Waals surface area (Å²) in [4.78, 5) is 3.75. The van der Waals surface area contributed by atoms with E-state index >= 15 is 0 Å². The predicted octanol–water partition coefficient (Wildman–Crippen LogP) is 2.55. The fourth-order valence-corrected chi connectivity index (χ4v) is 1.43. The van der Waals surface area contributed by atoms with Gasteiger partial charge in [-0.15, -0.1) is 0 Å². The van der Waals surface area contributed by atoms with Gasteiger partial charge in [-0.2, -0.15) is 0 Å². The minimum absolute atomic E-state index is 0.165. The summed E-state index contributed by atoms with van der Waals surface area (Å²) in [6, 6.07) is 1.65. The van der Waals surface area contributed by atoms with Crippen molar-refractivity contribution < 1.29 is 8.78 Å². The van der Waals surface area contributed by atoms with Gasteiger partial charge >= 0.3 is 0 Å². The Bertz CT molecular complexity index is 315. The van der Waals surface area contributed by atoms with Gasteiger partial charge in [-0.3, -0.25) is 4.98 Å². The third kappa shape index (κ3) is 2.22. The molecule has 0 spiro atoms. The highest BCUT2D eigenvalue weighted by Gasteiger charge is 2.15. The van der Waals surface area contributed by atoms with Crippen molar-refractivity contribution in [1.82, 2.24) is 4.98 Å². The first-order chi connectivity index (χ1) is 6.06. The standard InChI is InChI=1S/C8H9BrF2N2/c1-4-6(9)2-5(3-12)13-7(4)8(10)11/h2,8H,3,12H2,1H3. The molecule has 0 aromatic carbocycles. The van der Waals surface area contributed by atoms with Crippen molar-refractivity contribution >= 4 is 15.9 Å². The van der Waals surface area contributed by atoms with Crippen LogP contribution < -0.4 is 5.73 Å². The average molecular weight is 251 g/mol. The third-order valence-electron chi connectivity index (χ3n) is 1.72. The minimum atomic E-state index is -2.55. The zero-order chi connectivity index (χ0) is 10.0. The molecule has 1 heterocycles. The van der Waals surface area contributed by atoms with Gasteiger partial charge in [0.2, 0.25) is 0 Å². The van der Waals surface area contributed by atoms with Crippen LogP contribution >= 0.6 is 15.9 Å². The molecular weight excluding hydrogens is 242 g/mol. The number of halogens is 3. The van der Waals surface area contributed by atoms with Crippen molar-refractivity contribution in [1.29, 1.82) is 0 Å². The Labute approximate surface area is 83.3 Å². The summed E-state index contributed by atoms with van der Waals surface area (Å²) < 4.78 is 25.4. The zero-order valence-corrected chi connectivity index (χ0v) is 8.61. The van der Waals surface area contributed by atoms with E-state index in [1.165, 1.54) is 0 Å². The highest BCUT2D eigenvalue weighted by atomic mass is 79.9. The molecule has 0 saturated carbocycles. The number of pyridine rings is 1. The maximum Gasteiger partial charge on any atom is 0.280 e. The van der Waals surface area contributed by atoms with Gasteiger partial charge in [-0.1, -0.05) is 15.9 Å². The molecule has 5 heteroatoms. The van der Waals surface area contributed by atoms with Crippen molar-refractivity contribution in [3.8, 4) is 0 Å². The molecule has 1 rings (SSSR count). The molecule has 13 heavy (non-hydrogen) atoms. The molecule has 0 aliphatic heterocycles. The summed E-state index contributed by atoms with van der Waals surface area (Å²) in [6.45, 7) is 1.76. The number of rotatable bonds is 2. The normalized spacial score (nSPS) is 10.9. The second-order valence-corrected chi connectivity index (χ2v) is 3.46. The molecule has 0 fully saturated rings. The van der Waals surface area contributed by atoms with Crippen LogP contribution in [0, 0.1) is 6.92 Å². The highest BCUT2D eigenvalue weighted by Crippen LogP contribution is 2.26. The van der Waals surface area contributed by atoms with E-state index in [0.717, 1.165) is 0 Å². The number of hydrogen-bond donors (Lipinski definition) is 1. The Kier molecular flexibility index (Phi) is 3.33. The molecule has 1 aromatic rings. The van der Waals surface area contributed by atoms with Crippen LogP contribution in [0.1, 0.15) is 23.4 Å². The van der Waals surface area contributed by atoms with E-state index in [0.29, 0.717) is 15.7 Å². The van der Waals surface area contributed by atoms with E-state index in [9.17, 15) is 8.78 Å². The molecule has 0 atom stereocenters. The van der Waals surface area contributed by atoms with Gasteiger partial charge in [0.05, 0.1) is 5.69 Å². The Balaban J connectivity index is 3.25. The summed E-state index contributed by atoms with van der Waals surface area (Å²) in [7, 11) is 0. The molecule has 0 unspecified atom stereocenters. The van der Waals surface area contributed by atoms with Gasteiger partial charge in [0.25, 0.3) is 6.43 Å². The van der Waals surface area contributed by atoms with Gasteiger partial charge in [-0.05, 0) is 18.6 Å². The topological polar surface area (TPSA) is 38.9 Å². The molecule has 0 aliphatic rings. The van der Waals surface area contributed by atoms with Gasteiger partial charge in [0.1, 0.15) is 5.69 Å². The molecular formula is C8H9BrF2N2. The van der Waals surface area contributed by atoms with E-state index < -0.39 is 6.43 Å². The van der Waals surface area contributed by atoms with E-state index in [4.69, 9.17) is 5.73 Å². The van der Waals surface area contributed by atoms with Gasteiger partial charge in [0.15, 0.2) is 0 Å².